The van der Waals surface area contributed by atoms with E-state index >= 15 is 0 Å². The molecule has 2 aromatic carbocycles. The average Bonchev–Trinajstić information content (AvgIpc) is 2.50. The van der Waals surface area contributed by atoms with Crippen molar-refractivity contribution in [1.29, 1.82) is 0 Å². The minimum absolute atomic E-state index is 0.484. The summed E-state index contributed by atoms with van der Waals surface area (Å²) in [4.78, 5) is 10.5. The topological polar surface area (TPSA) is 41.5 Å². The Balaban J connectivity index is 2.09. The summed E-state index contributed by atoms with van der Waals surface area (Å²) in [6.45, 7) is 5.34. The number of nitrogens with zero attached hydrogens (tertiary/aromatic N) is 1. The lowest BCUT2D eigenvalue weighted by atomic mass is 10.1. The van der Waals surface area contributed by atoms with Gasteiger partial charge in [-0.2, -0.15) is 0 Å². The standard InChI is InChI=1S/C17H22N2O/c1-3-5-16(4-2)18-12-13-6-7-15-11-17(19-20)9-8-14(15)10-13/h6-11,16,18H,3-5,12H2,1-2H3. The van der Waals surface area contributed by atoms with Gasteiger partial charge in [-0.1, -0.05) is 38.5 Å². The molecule has 0 aliphatic rings. The summed E-state index contributed by atoms with van der Waals surface area (Å²) in [5, 5.41) is 8.79. The Kier molecular flexibility index (Phi) is 5.24. The maximum atomic E-state index is 10.5. The fraction of sp³-hybridized carbons (Fsp3) is 0.412. The minimum atomic E-state index is 0.484. The predicted molar refractivity (Wildman–Crippen MR) is 85.2 cm³/mol. The van der Waals surface area contributed by atoms with Gasteiger partial charge in [0.25, 0.3) is 0 Å². The van der Waals surface area contributed by atoms with Crippen molar-refractivity contribution in [2.45, 2.75) is 45.7 Å². The van der Waals surface area contributed by atoms with Crippen molar-refractivity contribution in [3.05, 3.63) is 46.9 Å². The molecule has 20 heavy (non-hydrogen) atoms. The number of nitroso groups, excluding NO2 is 1. The molecule has 0 amide bonds. The zero-order chi connectivity index (χ0) is 14.4. The van der Waals surface area contributed by atoms with Crippen LogP contribution in [0.4, 0.5) is 5.69 Å². The van der Waals surface area contributed by atoms with Gasteiger partial charge < -0.3 is 5.32 Å². The molecule has 1 unspecified atom stereocenters. The van der Waals surface area contributed by atoms with E-state index in [9.17, 15) is 4.91 Å². The van der Waals surface area contributed by atoms with Crippen molar-refractivity contribution in [2.75, 3.05) is 0 Å². The molecule has 0 radical (unpaired) electrons. The van der Waals surface area contributed by atoms with Crippen molar-refractivity contribution in [1.82, 2.24) is 5.32 Å². The van der Waals surface area contributed by atoms with Crippen molar-refractivity contribution in [2.24, 2.45) is 5.18 Å². The number of hydrogen-bond donors (Lipinski definition) is 1. The van der Waals surface area contributed by atoms with Gasteiger partial charge in [-0.15, -0.1) is 4.91 Å². The molecule has 3 nitrogen and oxygen atoms in total. The van der Waals surface area contributed by atoms with E-state index < -0.39 is 0 Å². The van der Waals surface area contributed by atoms with Gasteiger partial charge in [0.2, 0.25) is 0 Å². The van der Waals surface area contributed by atoms with Crippen LogP contribution < -0.4 is 5.32 Å². The minimum Gasteiger partial charge on any atom is -0.310 e. The second-order valence-electron chi connectivity index (χ2n) is 5.23. The molecule has 1 N–H and O–H groups in total. The number of hydrogen-bond acceptors (Lipinski definition) is 3. The van der Waals surface area contributed by atoms with E-state index in [1.807, 2.05) is 12.1 Å². The van der Waals surface area contributed by atoms with E-state index in [0.717, 1.165) is 23.7 Å². The monoisotopic (exact) mass is 270 g/mol. The third-order valence-electron chi connectivity index (χ3n) is 3.72. The summed E-state index contributed by atoms with van der Waals surface area (Å²) in [6.07, 6.45) is 3.60. The zero-order valence-corrected chi connectivity index (χ0v) is 12.2. The van der Waals surface area contributed by atoms with Crippen LogP contribution in [0.25, 0.3) is 10.8 Å². The molecule has 1 atom stereocenters. The van der Waals surface area contributed by atoms with Crippen molar-refractivity contribution < 1.29 is 0 Å². The van der Waals surface area contributed by atoms with Gasteiger partial charge in [0.15, 0.2) is 0 Å². The summed E-state index contributed by atoms with van der Waals surface area (Å²) in [5.74, 6) is 0. The quantitative estimate of drug-likeness (QED) is 0.726. The lowest BCUT2D eigenvalue weighted by molar-refractivity contribution is 0.462. The summed E-state index contributed by atoms with van der Waals surface area (Å²) >= 11 is 0. The van der Waals surface area contributed by atoms with E-state index in [2.05, 4.69) is 42.5 Å². The molecule has 2 aromatic rings. The summed E-state index contributed by atoms with van der Waals surface area (Å²) in [6, 6.07) is 12.5. The highest BCUT2D eigenvalue weighted by Gasteiger charge is 2.04. The lowest BCUT2D eigenvalue weighted by Gasteiger charge is -2.16. The third kappa shape index (κ3) is 3.64. The highest BCUT2D eigenvalue weighted by atomic mass is 16.3. The van der Waals surface area contributed by atoms with Crippen LogP contribution in [0.3, 0.4) is 0 Å². The molecule has 0 aromatic heterocycles. The molecule has 3 heteroatoms. The van der Waals surface area contributed by atoms with Gasteiger partial charge in [0.05, 0.1) is 0 Å². The third-order valence-corrected chi connectivity index (χ3v) is 3.72. The lowest BCUT2D eigenvalue weighted by Crippen LogP contribution is -2.27. The normalized spacial score (nSPS) is 12.5. The maximum absolute atomic E-state index is 10.5. The van der Waals surface area contributed by atoms with E-state index in [1.165, 1.54) is 18.4 Å². The predicted octanol–water partition coefficient (Wildman–Crippen LogP) is 4.91. The van der Waals surface area contributed by atoms with Crippen molar-refractivity contribution in [3.8, 4) is 0 Å². The molecule has 0 saturated carbocycles. The van der Waals surface area contributed by atoms with Crippen molar-refractivity contribution >= 4 is 16.5 Å². The first kappa shape index (κ1) is 14.7. The molecule has 0 spiro atoms. The van der Waals surface area contributed by atoms with Crippen LogP contribution in [0.2, 0.25) is 0 Å². The summed E-state index contributed by atoms with van der Waals surface area (Å²) in [5.41, 5.74) is 1.76. The van der Waals surface area contributed by atoms with Crippen LogP contribution in [0, 0.1) is 4.91 Å². The SMILES string of the molecule is CCCC(CC)NCc1ccc2cc(N=O)ccc2c1. The van der Waals surface area contributed by atoms with E-state index in [1.54, 1.807) is 6.07 Å². The molecule has 0 bridgehead atoms. The molecule has 0 heterocycles. The highest BCUT2D eigenvalue weighted by Crippen LogP contribution is 2.22. The van der Waals surface area contributed by atoms with Crippen LogP contribution >= 0.6 is 0 Å². The molecular formula is C17H22N2O. The molecule has 0 aliphatic carbocycles. The fourth-order valence-electron chi connectivity index (χ4n) is 2.51. The van der Waals surface area contributed by atoms with Gasteiger partial charge in [-0.25, -0.2) is 0 Å². The number of fused-ring (bicyclic) bond motifs is 1. The van der Waals surface area contributed by atoms with Crippen LogP contribution in [0.5, 0.6) is 0 Å². The van der Waals surface area contributed by atoms with Crippen LogP contribution in [0.1, 0.15) is 38.7 Å². The molecule has 0 aliphatic heterocycles. The van der Waals surface area contributed by atoms with E-state index in [0.29, 0.717) is 11.7 Å². The Bertz CT molecular complexity index is 580. The maximum Gasteiger partial charge on any atom is 0.108 e. The van der Waals surface area contributed by atoms with Crippen molar-refractivity contribution in [3.63, 3.8) is 0 Å². The molecule has 106 valence electrons. The Labute approximate surface area is 120 Å². The van der Waals surface area contributed by atoms with Gasteiger partial charge in [0, 0.05) is 12.6 Å². The smallest absolute Gasteiger partial charge is 0.108 e. The summed E-state index contributed by atoms with van der Waals surface area (Å²) < 4.78 is 0. The number of benzene rings is 2. The Morgan fingerprint density at radius 1 is 1.10 bits per heavy atom. The first-order valence-corrected chi connectivity index (χ1v) is 7.36. The highest BCUT2D eigenvalue weighted by molar-refractivity contribution is 5.85. The summed E-state index contributed by atoms with van der Waals surface area (Å²) in [7, 11) is 0. The Hall–Kier alpha value is -1.74. The second kappa shape index (κ2) is 7.15. The Morgan fingerprint density at radius 3 is 2.55 bits per heavy atom. The molecule has 2 rings (SSSR count). The first-order valence-electron chi connectivity index (χ1n) is 7.36. The van der Waals surface area contributed by atoms with Gasteiger partial charge >= 0.3 is 0 Å². The Morgan fingerprint density at radius 2 is 1.85 bits per heavy atom. The van der Waals surface area contributed by atoms with Gasteiger partial charge in [0.1, 0.15) is 5.69 Å². The molecule has 0 saturated heterocycles. The van der Waals surface area contributed by atoms with Crippen LogP contribution in [0.15, 0.2) is 41.6 Å². The number of nitrogens with one attached hydrogen (secondary N) is 1. The first-order chi connectivity index (χ1) is 9.76. The largest absolute Gasteiger partial charge is 0.310 e. The molecule has 0 fully saturated rings. The average molecular weight is 270 g/mol. The van der Waals surface area contributed by atoms with E-state index in [-0.39, 0.29) is 0 Å². The van der Waals surface area contributed by atoms with Gasteiger partial charge in [-0.05, 0) is 52.6 Å². The second-order valence-corrected chi connectivity index (χ2v) is 5.23. The zero-order valence-electron chi connectivity index (χ0n) is 12.2. The van der Waals surface area contributed by atoms with Crippen LogP contribution in [-0.2, 0) is 6.54 Å². The number of rotatable bonds is 7. The fourth-order valence-corrected chi connectivity index (χ4v) is 2.51. The van der Waals surface area contributed by atoms with Gasteiger partial charge in [-0.3, -0.25) is 0 Å². The molecular weight excluding hydrogens is 248 g/mol. The van der Waals surface area contributed by atoms with E-state index in [4.69, 9.17) is 0 Å². The van der Waals surface area contributed by atoms with Crippen LogP contribution in [-0.4, -0.2) is 6.04 Å².